The predicted molar refractivity (Wildman–Crippen MR) is 76.7 cm³/mol. The molecular weight excluding hydrogens is 242 g/mol. The summed E-state index contributed by atoms with van der Waals surface area (Å²) in [6.45, 7) is 7.71. The second kappa shape index (κ2) is 6.22. The van der Waals surface area contributed by atoms with E-state index in [-0.39, 0.29) is 0 Å². The third-order valence-corrected chi connectivity index (χ3v) is 2.20. The van der Waals surface area contributed by atoms with Gasteiger partial charge in [0.2, 0.25) is 0 Å². The molecule has 3 N–H and O–H groups in total. The van der Waals surface area contributed by atoms with Crippen LogP contribution in [0.25, 0.3) is 6.08 Å². The number of ether oxygens (including phenoxy) is 1. The molecule has 0 unspecified atom stereocenters. The summed E-state index contributed by atoms with van der Waals surface area (Å²) in [5.41, 5.74) is 7.47. The largest absolute Gasteiger partial charge is 0.444 e. The van der Waals surface area contributed by atoms with Crippen molar-refractivity contribution >= 4 is 17.9 Å². The number of hydrogen-bond donors (Lipinski definition) is 2. The van der Waals surface area contributed by atoms with Crippen LogP contribution in [-0.4, -0.2) is 23.2 Å². The van der Waals surface area contributed by atoms with Gasteiger partial charge in [-0.3, -0.25) is 4.98 Å². The fraction of sp³-hybridized carbons (Fsp3) is 0.429. The Labute approximate surface area is 113 Å². The molecule has 0 radical (unpaired) electrons. The van der Waals surface area contributed by atoms with Gasteiger partial charge in [-0.25, -0.2) is 4.79 Å². The van der Waals surface area contributed by atoms with E-state index in [1.165, 1.54) is 0 Å². The van der Waals surface area contributed by atoms with Crippen molar-refractivity contribution in [2.45, 2.75) is 33.3 Å². The molecule has 5 nitrogen and oxygen atoms in total. The highest BCUT2D eigenvalue weighted by Gasteiger charge is 2.14. The van der Waals surface area contributed by atoms with Gasteiger partial charge in [0.05, 0.1) is 17.1 Å². The average molecular weight is 263 g/mol. The zero-order valence-corrected chi connectivity index (χ0v) is 11.9. The topological polar surface area (TPSA) is 77.2 Å². The normalized spacial score (nSPS) is 11.6. The minimum atomic E-state index is -0.483. The number of aromatic nitrogens is 1. The molecule has 5 heteroatoms. The Kier molecular flexibility index (Phi) is 4.92. The van der Waals surface area contributed by atoms with E-state index in [9.17, 15) is 4.79 Å². The number of anilines is 1. The maximum absolute atomic E-state index is 11.4. The number of aryl methyl sites for hydroxylation is 1. The van der Waals surface area contributed by atoms with E-state index in [0.29, 0.717) is 12.2 Å². The quantitative estimate of drug-likeness (QED) is 0.878. The van der Waals surface area contributed by atoms with E-state index in [1.54, 1.807) is 0 Å². The first kappa shape index (κ1) is 15.0. The highest BCUT2D eigenvalue weighted by molar-refractivity contribution is 5.68. The van der Waals surface area contributed by atoms with Crippen molar-refractivity contribution in [3.8, 4) is 0 Å². The predicted octanol–water partition coefficient (Wildman–Crippen LogP) is 2.51. The molecule has 1 heterocycles. The molecule has 0 atom stereocenters. The Bertz CT molecular complexity index is 476. The number of nitrogens with one attached hydrogen (secondary N) is 1. The SMILES string of the molecule is Cc1nc(C=CCNC(=O)OC(C)(C)C)ccc1N. The average Bonchev–Trinajstić information content (AvgIpc) is 2.27. The summed E-state index contributed by atoms with van der Waals surface area (Å²) in [5, 5.41) is 2.64. The van der Waals surface area contributed by atoms with Crippen molar-refractivity contribution in [2.24, 2.45) is 0 Å². The molecule has 0 aliphatic rings. The first-order chi connectivity index (χ1) is 8.78. The molecule has 19 heavy (non-hydrogen) atoms. The smallest absolute Gasteiger partial charge is 0.407 e. The summed E-state index contributed by atoms with van der Waals surface area (Å²) in [6, 6.07) is 3.63. The number of carbonyl (C=O) groups excluding carboxylic acids is 1. The molecule has 1 aromatic rings. The van der Waals surface area contributed by atoms with Crippen LogP contribution in [0.3, 0.4) is 0 Å². The first-order valence-corrected chi connectivity index (χ1v) is 6.14. The van der Waals surface area contributed by atoms with Crippen molar-refractivity contribution < 1.29 is 9.53 Å². The molecule has 0 saturated heterocycles. The Balaban J connectivity index is 2.42. The zero-order valence-electron chi connectivity index (χ0n) is 11.9. The number of nitrogens with two attached hydrogens (primary N) is 1. The molecule has 0 fully saturated rings. The van der Waals surface area contributed by atoms with Gasteiger partial charge in [-0.2, -0.15) is 0 Å². The second-order valence-corrected chi connectivity index (χ2v) is 5.20. The lowest BCUT2D eigenvalue weighted by Gasteiger charge is -2.19. The highest BCUT2D eigenvalue weighted by Crippen LogP contribution is 2.09. The van der Waals surface area contributed by atoms with E-state index in [1.807, 2.05) is 52.0 Å². The minimum absolute atomic E-state index is 0.389. The Morgan fingerprint density at radius 3 is 2.74 bits per heavy atom. The standard InChI is InChI=1S/C14H21N3O2/c1-10-12(15)8-7-11(17-10)6-5-9-16-13(18)19-14(2,3)4/h5-8H,9,15H2,1-4H3,(H,16,18). The lowest BCUT2D eigenvalue weighted by Crippen LogP contribution is -2.32. The summed E-state index contributed by atoms with van der Waals surface area (Å²) in [4.78, 5) is 15.7. The van der Waals surface area contributed by atoms with Gasteiger partial charge in [-0.15, -0.1) is 0 Å². The summed E-state index contributed by atoms with van der Waals surface area (Å²) >= 11 is 0. The van der Waals surface area contributed by atoms with Gasteiger partial charge >= 0.3 is 6.09 Å². The molecule has 1 rings (SSSR count). The van der Waals surface area contributed by atoms with Crippen LogP contribution in [0.4, 0.5) is 10.5 Å². The van der Waals surface area contributed by atoms with Crippen LogP contribution in [0.1, 0.15) is 32.2 Å². The summed E-state index contributed by atoms with van der Waals surface area (Å²) in [5.74, 6) is 0. The van der Waals surface area contributed by atoms with E-state index in [4.69, 9.17) is 10.5 Å². The number of rotatable bonds is 3. The number of nitrogen functional groups attached to an aromatic ring is 1. The van der Waals surface area contributed by atoms with Gasteiger partial charge in [0.25, 0.3) is 0 Å². The number of pyridine rings is 1. The maximum atomic E-state index is 11.4. The van der Waals surface area contributed by atoms with Gasteiger partial charge in [-0.05, 0) is 45.9 Å². The van der Waals surface area contributed by atoms with Crippen LogP contribution < -0.4 is 11.1 Å². The van der Waals surface area contributed by atoms with Crippen LogP contribution in [0.15, 0.2) is 18.2 Å². The van der Waals surface area contributed by atoms with E-state index < -0.39 is 11.7 Å². The molecule has 0 aliphatic heterocycles. The Hall–Kier alpha value is -2.04. The fourth-order valence-electron chi connectivity index (χ4n) is 1.32. The van der Waals surface area contributed by atoms with Gasteiger partial charge < -0.3 is 15.8 Å². The third kappa shape index (κ3) is 5.90. The van der Waals surface area contributed by atoms with Crippen molar-refractivity contribution in [3.05, 3.63) is 29.6 Å². The van der Waals surface area contributed by atoms with Crippen LogP contribution in [0.2, 0.25) is 0 Å². The highest BCUT2D eigenvalue weighted by atomic mass is 16.6. The summed E-state index contributed by atoms with van der Waals surface area (Å²) in [7, 11) is 0. The Morgan fingerprint density at radius 1 is 1.47 bits per heavy atom. The van der Waals surface area contributed by atoms with Crippen molar-refractivity contribution in [1.29, 1.82) is 0 Å². The number of nitrogens with zero attached hydrogens (tertiary/aromatic N) is 1. The van der Waals surface area contributed by atoms with Crippen LogP contribution in [0.5, 0.6) is 0 Å². The second-order valence-electron chi connectivity index (χ2n) is 5.20. The Morgan fingerprint density at radius 2 is 2.16 bits per heavy atom. The fourth-order valence-corrected chi connectivity index (χ4v) is 1.32. The van der Waals surface area contributed by atoms with Crippen LogP contribution >= 0.6 is 0 Å². The van der Waals surface area contributed by atoms with Gasteiger partial charge in [-0.1, -0.05) is 6.08 Å². The van der Waals surface area contributed by atoms with Crippen molar-refractivity contribution in [1.82, 2.24) is 10.3 Å². The lowest BCUT2D eigenvalue weighted by atomic mass is 10.2. The minimum Gasteiger partial charge on any atom is -0.444 e. The molecule has 0 bridgehead atoms. The van der Waals surface area contributed by atoms with Crippen LogP contribution in [-0.2, 0) is 4.74 Å². The molecule has 1 amide bonds. The van der Waals surface area contributed by atoms with E-state index in [0.717, 1.165) is 11.4 Å². The van der Waals surface area contributed by atoms with E-state index >= 15 is 0 Å². The summed E-state index contributed by atoms with van der Waals surface area (Å²) in [6.07, 6.45) is 3.20. The lowest BCUT2D eigenvalue weighted by molar-refractivity contribution is 0.0534. The summed E-state index contributed by atoms with van der Waals surface area (Å²) < 4.78 is 5.11. The number of alkyl carbamates (subject to hydrolysis) is 1. The molecule has 104 valence electrons. The van der Waals surface area contributed by atoms with Gasteiger partial charge in [0, 0.05) is 6.54 Å². The van der Waals surface area contributed by atoms with Gasteiger partial charge in [0.15, 0.2) is 0 Å². The number of amides is 1. The number of hydrogen-bond acceptors (Lipinski definition) is 4. The maximum Gasteiger partial charge on any atom is 0.407 e. The molecule has 0 saturated carbocycles. The number of carbonyl (C=O) groups is 1. The first-order valence-electron chi connectivity index (χ1n) is 6.14. The van der Waals surface area contributed by atoms with Crippen molar-refractivity contribution in [3.63, 3.8) is 0 Å². The third-order valence-electron chi connectivity index (χ3n) is 2.20. The van der Waals surface area contributed by atoms with Crippen molar-refractivity contribution in [2.75, 3.05) is 12.3 Å². The molecule has 1 aromatic heterocycles. The molecule has 0 spiro atoms. The van der Waals surface area contributed by atoms with E-state index in [2.05, 4.69) is 10.3 Å². The molecular formula is C14H21N3O2. The van der Waals surface area contributed by atoms with Crippen LogP contribution in [0, 0.1) is 6.92 Å². The van der Waals surface area contributed by atoms with Gasteiger partial charge in [0.1, 0.15) is 5.60 Å². The molecule has 0 aliphatic carbocycles. The zero-order chi connectivity index (χ0) is 14.5. The molecule has 0 aromatic carbocycles. The monoisotopic (exact) mass is 263 g/mol.